The molecule has 0 saturated heterocycles. The average molecular weight is 227 g/mol. The van der Waals surface area contributed by atoms with E-state index in [0.717, 1.165) is 11.3 Å². The van der Waals surface area contributed by atoms with Crippen molar-refractivity contribution in [2.75, 3.05) is 12.8 Å². The normalized spacial score (nSPS) is 34.8. The standard InChI is InChI=1S/C13H25NS/c1-13(8-5-9-13)10-14-11-6-3-4-7-12(11)15-2/h11-12,14H,3-10H2,1-2H3. The molecule has 0 amide bonds. The van der Waals surface area contributed by atoms with Gasteiger partial charge in [0.1, 0.15) is 0 Å². The van der Waals surface area contributed by atoms with E-state index in [9.17, 15) is 0 Å². The van der Waals surface area contributed by atoms with Crippen molar-refractivity contribution in [3.05, 3.63) is 0 Å². The van der Waals surface area contributed by atoms with Crippen LogP contribution in [-0.2, 0) is 0 Å². The molecule has 88 valence electrons. The first-order valence-electron chi connectivity index (χ1n) is 6.50. The molecule has 0 spiro atoms. The van der Waals surface area contributed by atoms with Gasteiger partial charge in [0.15, 0.2) is 0 Å². The van der Waals surface area contributed by atoms with Gasteiger partial charge >= 0.3 is 0 Å². The summed E-state index contributed by atoms with van der Waals surface area (Å²) in [5, 5.41) is 4.72. The van der Waals surface area contributed by atoms with Gasteiger partial charge in [-0.1, -0.05) is 26.2 Å². The number of thioether (sulfide) groups is 1. The molecule has 0 radical (unpaired) electrons. The molecule has 2 atom stereocenters. The zero-order valence-electron chi connectivity index (χ0n) is 10.2. The summed E-state index contributed by atoms with van der Waals surface area (Å²) >= 11 is 2.07. The quantitative estimate of drug-likeness (QED) is 0.789. The van der Waals surface area contributed by atoms with E-state index >= 15 is 0 Å². The number of rotatable bonds is 4. The summed E-state index contributed by atoms with van der Waals surface area (Å²) in [6.07, 6.45) is 12.3. The Labute approximate surface area is 98.8 Å². The maximum absolute atomic E-state index is 3.84. The molecule has 0 aromatic heterocycles. The summed E-state index contributed by atoms with van der Waals surface area (Å²) in [6.45, 7) is 3.70. The van der Waals surface area contributed by atoms with Gasteiger partial charge < -0.3 is 5.32 Å². The second-order valence-corrected chi connectivity index (χ2v) is 6.79. The Morgan fingerprint density at radius 1 is 1.20 bits per heavy atom. The molecule has 0 aromatic rings. The van der Waals surface area contributed by atoms with Crippen LogP contribution in [0.4, 0.5) is 0 Å². The largest absolute Gasteiger partial charge is 0.312 e. The predicted molar refractivity (Wildman–Crippen MR) is 69.5 cm³/mol. The van der Waals surface area contributed by atoms with Crippen molar-refractivity contribution in [2.24, 2.45) is 5.41 Å². The van der Waals surface area contributed by atoms with Crippen LogP contribution in [0.3, 0.4) is 0 Å². The van der Waals surface area contributed by atoms with Gasteiger partial charge in [-0.05, 0) is 37.4 Å². The Hall–Kier alpha value is 0.310. The van der Waals surface area contributed by atoms with E-state index in [1.54, 1.807) is 0 Å². The molecular formula is C13H25NS. The van der Waals surface area contributed by atoms with Gasteiger partial charge in [-0.15, -0.1) is 0 Å². The molecule has 0 aromatic carbocycles. The Morgan fingerprint density at radius 2 is 1.93 bits per heavy atom. The lowest BCUT2D eigenvalue weighted by Crippen LogP contribution is -2.46. The molecular weight excluding hydrogens is 202 g/mol. The number of nitrogens with one attached hydrogen (secondary N) is 1. The summed E-state index contributed by atoms with van der Waals surface area (Å²) in [4.78, 5) is 0. The molecule has 0 bridgehead atoms. The fraction of sp³-hybridized carbons (Fsp3) is 1.00. The smallest absolute Gasteiger partial charge is 0.0198 e. The van der Waals surface area contributed by atoms with E-state index in [1.165, 1.54) is 51.5 Å². The van der Waals surface area contributed by atoms with Crippen molar-refractivity contribution in [2.45, 2.75) is 63.2 Å². The monoisotopic (exact) mass is 227 g/mol. The van der Waals surface area contributed by atoms with Crippen molar-refractivity contribution in [1.29, 1.82) is 0 Å². The van der Waals surface area contributed by atoms with Crippen molar-refractivity contribution in [3.63, 3.8) is 0 Å². The second-order valence-electron chi connectivity index (χ2n) is 5.71. The molecule has 2 heteroatoms. The van der Waals surface area contributed by atoms with E-state index < -0.39 is 0 Å². The highest BCUT2D eigenvalue weighted by Crippen LogP contribution is 2.40. The third-order valence-electron chi connectivity index (χ3n) is 4.36. The summed E-state index contributed by atoms with van der Waals surface area (Å²) in [6, 6.07) is 0.797. The fourth-order valence-corrected chi connectivity index (χ4v) is 3.91. The fourth-order valence-electron chi connectivity index (χ4n) is 2.95. The van der Waals surface area contributed by atoms with Crippen LogP contribution in [0.2, 0.25) is 0 Å². The Balaban J connectivity index is 1.76. The van der Waals surface area contributed by atoms with Crippen LogP contribution in [0, 0.1) is 5.41 Å². The van der Waals surface area contributed by atoms with Gasteiger partial charge in [0.25, 0.3) is 0 Å². The third kappa shape index (κ3) is 2.91. The molecule has 0 aliphatic heterocycles. The van der Waals surface area contributed by atoms with Gasteiger partial charge in [-0.3, -0.25) is 0 Å². The molecule has 1 nitrogen and oxygen atoms in total. The van der Waals surface area contributed by atoms with E-state index in [0.29, 0.717) is 5.41 Å². The second kappa shape index (κ2) is 5.09. The maximum atomic E-state index is 3.84. The summed E-state index contributed by atoms with van der Waals surface area (Å²) in [5.41, 5.74) is 0.639. The molecule has 2 saturated carbocycles. The summed E-state index contributed by atoms with van der Waals surface area (Å²) in [7, 11) is 0. The Kier molecular flexibility index (Phi) is 4.00. The molecule has 15 heavy (non-hydrogen) atoms. The highest BCUT2D eigenvalue weighted by atomic mass is 32.2. The highest BCUT2D eigenvalue weighted by Gasteiger charge is 2.33. The SMILES string of the molecule is CSC1CCCCC1NCC1(C)CCC1. The van der Waals surface area contributed by atoms with Crippen LogP contribution in [0.25, 0.3) is 0 Å². The van der Waals surface area contributed by atoms with Crippen LogP contribution >= 0.6 is 11.8 Å². The number of hydrogen-bond acceptors (Lipinski definition) is 2. The van der Waals surface area contributed by atoms with E-state index in [1.807, 2.05) is 0 Å². The minimum absolute atomic E-state index is 0.639. The van der Waals surface area contributed by atoms with Crippen LogP contribution in [0.5, 0.6) is 0 Å². The zero-order valence-corrected chi connectivity index (χ0v) is 11.0. The third-order valence-corrected chi connectivity index (χ3v) is 5.53. The lowest BCUT2D eigenvalue weighted by Gasteiger charge is -2.41. The van der Waals surface area contributed by atoms with Crippen LogP contribution in [0.1, 0.15) is 51.9 Å². The molecule has 2 fully saturated rings. The molecule has 0 heterocycles. The van der Waals surface area contributed by atoms with Gasteiger partial charge in [0, 0.05) is 17.8 Å². The topological polar surface area (TPSA) is 12.0 Å². The first-order valence-corrected chi connectivity index (χ1v) is 7.78. The van der Waals surface area contributed by atoms with E-state index in [-0.39, 0.29) is 0 Å². The zero-order chi connectivity index (χ0) is 10.7. The Bertz CT molecular complexity index is 201. The van der Waals surface area contributed by atoms with Crippen LogP contribution in [0.15, 0.2) is 0 Å². The van der Waals surface area contributed by atoms with Crippen LogP contribution in [-0.4, -0.2) is 24.1 Å². The molecule has 1 N–H and O–H groups in total. The maximum Gasteiger partial charge on any atom is 0.0198 e. The average Bonchev–Trinajstić information content (AvgIpc) is 2.24. The lowest BCUT2D eigenvalue weighted by molar-refractivity contribution is 0.147. The van der Waals surface area contributed by atoms with Gasteiger partial charge in [0.2, 0.25) is 0 Å². The minimum Gasteiger partial charge on any atom is -0.312 e. The number of hydrogen-bond donors (Lipinski definition) is 1. The molecule has 2 rings (SSSR count). The first kappa shape index (κ1) is 11.8. The predicted octanol–water partition coefficient (Wildman–Crippen LogP) is 3.44. The summed E-state index contributed by atoms with van der Waals surface area (Å²) < 4.78 is 0. The molecule has 2 aliphatic carbocycles. The van der Waals surface area contributed by atoms with E-state index in [2.05, 4.69) is 30.3 Å². The van der Waals surface area contributed by atoms with Crippen molar-refractivity contribution in [3.8, 4) is 0 Å². The highest BCUT2D eigenvalue weighted by molar-refractivity contribution is 7.99. The van der Waals surface area contributed by atoms with Crippen LogP contribution < -0.4 is 5.32 Å². The van der Waals surface area contributed by atoms with Gasteiger partial charge in [-0.2, -0.15) is 11.8 Å². The van der Waals surface area contributed by atoms with Crippen molar-refractivity contribution in [1.82, 2.24) is 5.32 Å². The van der Waals surface area contributed by atoms with Gasteiger partial charge in [0.05, 0.1) is 0 Å². The lowest BCUT2D eigenvalue weighted by atomic mass is 9.70. The first-order chi connectivity index (χ1) is 7.23. The van der Waals surface area contributed by atoms with E-state index in [4.69, 9.17) is 0 Å². The van der Waals surface area contributed by atoms with Crippen molar-refractivity contribution < 1.29 is 0 Å². The van der Waals surface area contributed by atoms with Gasteiger partial charge in [-0.25, -0.2) is 0 Å². The summed E-state index contributed by atoms with van der Waals surface area (Å²) in [5.74, 6) is 0. The molecule has 2 unspecified atom stereocenters. The minimum atomic E-state index is 0.639. The Morgan fingerprint density at radius 3 is 2.53 bits per heavy atom. The van der Waals surface area contributed by atoms with Crippen molar-refractivity contribution >= 4 is 11.8 Å². The molecule has 2 aliphatic rings.